The molecule has 0 saturated heterocycles. The molecule has 108 valence electrons. The zero-order valence-electron chi connectivity index (χ0n) is 11.0. The minimum Gasteiger partial charge on any atom is -0.385 e. The van der Waals surface area contributed by atoms with Crippen LogP contribution in [0.1, 0.15) is 24.8 Å². The SMILES string of the molecule is COCCCC(N)c1nc(-c2ccc(F)c(Cl)c2)no1. The van der Waals surface area contributed by atoms with Crippen LogP contribution < -0.4 is 5.73 Å². The van der Waals surface area contributed by atoms with E-state index in [2.05, 4.69) is 10.1 Å². The zero-order chi connectivity index (χ0) is 14.5. The lowest BCUT2D eigenvalue weighted by atomic mass is 10.1. The smallest absolute Gasteiger partial charge is 0.243 e. The van der Waals surface area contributed by atoms with Crippen LogP contribution in [0.5, 0.6) is 0 Å². The van der Waals surface area contributed by atoms with Crippen molar-refractivity contribution < 1.29 is 13.7 Å². The second-order valence-corrected chi connectivity index (χ2v) is 4.73. The molecule has 0 bridgehead atoms. The zero-order valence-corrected chi connectivity index (χ0v) is 11.7. The van der Waals surface area contributed by atoms with E-state index in [-0.39, 0.29) is 11.1 Å². The third-order valence-electron chi connectivity index (χ3n) is 2.80. The van der Waals surface area contributed by atoms with Crippen LogP contribution in [0.15, 0.2) is 22.7 Å². The highest BCUT2D eigenvalue weighted by molar-refractivity contribution is 6.31. The van der Waals surface area contributed by atoms with E-state index < -0.39 is 5.82 Å². The number of rotatable bonds is 6. The number of ether oxygens (including phenoxy) is 1. The lowest BCUT2D eigenvalue weighted by molar-refractivity contribution is 0.188. The summed E-state index contributed by atoms with van der Waals surface area (Å²) in [6, 6.07) is 3.89. The highest BCUT2D eigenvalue weighted by Crippen LogP contribution is 2.24. The van der Waals surface area contributed by atoms with Crippen molar-refractivity contribution in [3.05, 3.63) is 34.9 Å². The molecule has 1 aromatic carbocycles. The Bertz CT molecular complexity index is 576. The van der Waals surface area contributed by atoms with E-state index in [1.54, 1.807) is 7.11 Å². The molecule has 1 aromatic heterocycles. The molecule has 20 heavy (non-hydrogen) atoms. The van der Waals surface area contributed by atoms with Gasteiger partial charge in [0.2, 0.25) is 11.7 Å². The van der Waals surface area contributed by atoms with Gasteiger partial charge < -0.3 is 15.0 Å². The number of halogens is 2. The van der Waals surface area contributed by atoms with Crippen molar-refractivity contribution in [1.29, 1.82) is 0 Å². The van der Waals surface area contributed by atoms with Gasteiger partial charge in [-0.3, -0.25) is 0 Å². The van der Waals surface area contributed by atoms with Crippen LogP contribution in [0.3, 0.4) is 0 Å². The second kappa shape index (κ2) is 6.78. The van der Waals surface area contributed by atoms with Gasteiger partial charge in [0.15, 0.2) is 0 Å². The number of nitrogens with zero attached hydrogens (tertiary/aromatic N) is 2. The summed E-state index contributed by atoms with van der Waals surface area (Å²) >= 11 is 5.72. The predicted molar refractivity (Wildman–Crippen MR) is 72.7 cm³/mol. The summed E-state index contributed by atoms with van der Waals surface area (Å²) in [5, 5.41) is 3.84. The molecular weight excluding hydrogens is 285 g/mol. The summed E-state index contributed by atoms with van der Waals surface area (Å²) in [6.07, 6.45) is 1.48. The van der Waals surface area contributed by atoms with Crippen molar-refractivity contribution in [2.75, 3.05) is 13.7 Å². The van der Waals surface area contributed by atoms with Crippen LogP contribution in [0.25, 0.3) is 11.4 Å². The lowest BCUT2D eigenvalue weighted by Gasteiger charge is -2.04. The molecule has 0 aliphatic rings. The Morgan fingerprint density at radius 2 is 2.30 bits per heavy atom. The van der Waals surface area contributed by atoms with Gasteiger partial charge >= 0.3 is 0 Å². The van der Waals surface area contributed by atoms with Crippen molar-refractivity contribution in [2.24, 2.45) is 5.73 Å². The third kappa shape index (κ3) is 3.53. The Morgan fingerprint density at radius 3 is 3.00 bits per heavy atom. The van der Waals surface area contributed by atoms with E-state index >= 15 is 0 Å². The Balaban J connectivity index is 2.09. The van der Waals surface area contributed by atoms with E-state index in [0.29, 0.717) is 30.3 Å². The molecule has 0 fully saturated rings. The highest BCUT2D eigenvalue weighted by atomic mass is 35.5. The third-order valence-corrected chi connectivity index (χ3v) is 3.09. The van der Waals surface area contributed by atoms with Crippen LogP contribution in [-0.4, -0.2) is 23.9 Å². The molecular formula is C13H15ClFN3O2. The molecule has 0 amide bonds. The van der Waals surface area contributed by atoms with Gasteiger partial charge in [-0.15, -0.1) is 0 Å². The van der Waals surface area contributed by atoms with Gasteiger partial charge in [-0.05, 0) is 31.0 Å². The van der Waals surface area contributed by atoms with E-state index in [0.717, 1.165) is 6.42 Å². The van der Waals surface area contributed by atoms with Crippen molar-refractivity contribution >= 4 is 11.6 Å². The van der Waals surface area contributed by atoms with Gasteiger partial charge in [0.05, 0.1) is 11.1 Å². The molecule has 5 nitrogen and oxygen atoms in total. The number of benzene rings is 1. The Kier molecular flexibility index (Phi) is 5.05. The number of aromatic nitrogens is 2. The van der Waals surface area contributed by atoms with E-state index in [1.165, 1.54) is 18.2 Å². The maximum Gasteiger partial charge on any atom is 0.243 e. The van der Waals surface area contributed by atoms with E-state index in [4.69, 9.17) is 26.6 Å². The van der Waals surface area contributed by atoms with Gasteiger partial charge in [0.1, 0.15) is 5.82 Å². The fraction of sp³-hybridized carbons (Fsp3) is 0.385. The summed E-state index contributed by atoms with van der Waals surface area (Å²) in [4.78, 5) is 4.21. The van der Waals surface area contributed by atoms with Crippen molar-refractivity contribution in [1.82, 2.24) is 10.1 Å². The molecule has 1 heterocycles. The Hall–Kier alpha value is -1.50. The molecule has 2 aromatic rings. The Labute approximate surface area is 120 Å². The summed E-state index contributed by atoms with van der Waals surface area (Å²) < 4.78 is 23.2. The minimum atomic E-state index is -0.490. The molecule has 0 saturated carbocycles. The topological polar surface area (TPSA) is 74.2 Å². The number of nitrogens with two attached hydrogens (primary N) is 1. The molecule has 0 aliphatic carbocycles. The first-order valence-corrected chi connectivity index (χ1v) is 6.53. The minimum absolute atomic E-state index is 0.0123. The van der Waals surface area contributed by atoms with Gasteiger partial charge in [-0.25, -0.2) is 4.39 Å². The first kappa shape index (κ1) is 14.9. The largest absolute Gasteiger partial charge is 0.385 e. The fourth-order valence-electron chi connectivity index (χ4n) is 1.71. The van der Waals surface area contributed by atoms with Gasteiger partial charge in [0.25, 0.3) is 0 Å². The van der Waals surface area contributed by atoms with Crippen LogP contribution >= 0.6 is 11.6 Å². The summed E-state index contributed by atoms with van der Waals surface area (Å²) in [5.74, 6) is 0.191. The summed E-state index contributed by atoms with van der Waals surface area (Å²) in [6.45, 7) is 0.627. The average Bonchev–Trinajstić information content (AvgIpc) is 2.92. The van der Waals surface area contributed by atoms with Crippen molar-refractivity contribution in [3.63, 3.8) is 0 Å². The molecule has 0 aliphatic heterocycles. The number of methoxy groups -OCH3 is 1. The quantitative estimate of drug-likeness (QED) is 0.830. The molecule has 1 unspecified atom stereocenters. The second-order valence-electron chi connectivity index (χ2n) is 4.33. The van der Waals surface area contributed by atoms with E-state index in [1.807, 2.05) is 0 Å². The van der Waals surface area contributed by atoms with Gasteiger partial charge in [-0.1, -0.05) is 16.8 Å². The van der Waals surface area contributed by atoms with Crippen molar-refractivity contribution in [2.45, 2.75) is 18.9 Å². The maximum atomic E-state index is 13.1. The molecule has 2 N–H and O–H groups in total. The van der Waals surface area contributed by atoms with E-state index in [9.17, 15) is 4.39 Å². The summed E-state index contributed by atoms with van der Waals surface area (Å²) in [7, 11) is 1.63. The number of hydrogen-bond acceptors (Lipinski definition) is 5. The average molecular weight is 300 g/mol. The lowest BCUT2D eigenvalue weighted by Crippen LogP contribution is -2.11. The van der Waals surface area contributed by atoms with Crippen LogP contribution in [-0.2, 0) is 4.74 Å². The van der Waals surface area contributed by atoms with Gasteiger partial charge in [0, 0.05) is 19.3 Å². The molecule has 7 heteroatoms. The molecule has 1 atom stereocenters. The van der Waals surface area contributed by atoms with Crippen LogP contribution in [0.2, 0.25) is 5.02 Å². The first-order valence-electron chi connectivity index (χ1n) is 6.15. The van der Waals surface area contributed by atoms with Crippen molar-refractivity contribution in [3.8, 4) is 11.4 Å². The predicted octanol–water partition coefficient (Wildman–Crippen LogP) is 2.96. The number of hydrogen-bond donors (Lipinski definition) is 1. The fourth-order valence-corrected chi connectivity index (χ4v) is 1.89. The Morgan fingerprint density at radius 1 is 1.50 bits per heavy atom. The monoisotopic (exact) mass is 299 g/mol. The molecule has 0 radical (unpaired) electrons. The molecule has 0 spiro atoms. The molecule has 2 rings (SSSR count). The maximum absolute atomic E-state index is 13.1. The summed E-state index contributed by atoms with van der Waals surface area (Å²) in [5.41, 5.74) is 6.52. The van der Waals surface area contributed by atoms with Crippen LogP contribution in [0.4, 0.5) is 4.39 Å². The first-order chi connectivity index (χ1) is 9.61. The standard InChI is InChI=1S/C13H15ClFN3O2/c1-19-6-2-3-11(16)13-17-12(18-20-13)8-4-5-10(15)9(14)7-8/h4-5,7,11H,2-3,6,16H2,1H3. The van der Waals surface area contributed by atoms with Gasteiger partial charge in [-0.2, -0.15) is 4.98 Å². The van der Waals surface area contributed by atoms with Crippen LogP contribution in [0, 0.1) is 5.82 Å². The highest BCUT2D eigenvalue weighted by Gasteiger charge is 2.16. The normalized spacial score (nSPS) is 12.6.